The van der Waals surface area contributed by atoms with E-state index in [-0.39, 0.29) is 29.4 Å². The third-order valence-corrected chi connectivity index (χ3v) is 7.63. The van der Waals surface area contributed by atoms with Gasteiger partial charge in [-0.15, -0.1) is 0 Å². The average Bonchev–Trinajstić information content (AvgIpc) is 3.14. The third kappa shape index (κ3) is 5.51. The highest BCUT2D eigenvalue weighted by Crippen LogP contribution is 2.52. The lowest BCUT2D eigenvalue weighted by molar-refractivity contribution is -0.127. The fourth-order valence-corrected chi connectivity index (χ4v) is 5.67. The number of fused-ring (bicyclic) bond motifs is 2. The Hall–Kier alpha value is -2.67. The number of para-hydroxylation sites is 1. The molecule has 194 valence electrons. The fraction of sp³-hybridized carbons (Fsp3) is 0.500. The molecule has 4 rings (SSSR count). The standard InChI is InChI=1S/C30H40N2O4/c1-22(2)29(33)31-27-24-12-6-7-13-25(24)30(28(27)36-21-20-34-3)15-18-32(19-16-30)17-9-11-23-10-5-8-14-26(23)35-4/h5-14,22,27-28H,15-21H2,1-4H3,(H,31,33)/b11-9+/t27-,28+/m0/s1. The van der Waals surface area contributed by atoms with Crippen LogP contribution in [0.5, 0.6) is 5.75 Å². The summed E-state index contributed by atoms with van der Waals surface area (Å²) in [6, 6.07) is 16.5. The van der Waals surface area contributed by atoms with Gasteiger partial charge in [0, 0.05) is 30.6 Å². The Morgan fingerprint density at radius 2 is 1.81 bits per heavy atom. The Balaban J connectivity index is 1.51. The van der Waals surface area contributed by atoms with Crippen molar-refractivity contribution >= 4 is 12.0 Å². The van der Waals surface area contributed by atoms with Crippen molar-refractivity contribution in [2.75, 3.05) is 47.1 Å². The molecule has 1 heterocycles. The Kier molecular flexibility index (Phi) is 8.83. The van der Waals surface area contributed by atoms with Crippen LogP contribution in [0.15, 0.2) is 54.6 Å². The summed E-state index contributed by atoms with van der Waals surface area (Å²) in [5, 5.41) is 3.32. The molecule has 0 bridgehead atoms. The normalized spacial score (nSPS) is 21.2. The van der Waals surface area contributed by atoms with E-state index < -0.39 is 0 Å². The first-order valence-corrected chi connectivity index (χ1v) is 13.0. The summed E-state index contributed by atoms with van der Waals surface area (Å²) >= 11 is 0. The van der Waals surface area contributed by atoms with E-state index in [2.05, 4.69) is 52.7 Å². The van der Waals surface area contributed by atoms with Crippen LogP contribution >= 0.6 is 0 Å². The molecular weight excluding hydrogens is 452 g/mol. The fourth-order valence-electron chi connectivity index (χ4n) is 5.67. The van der Waals surface area contributed by atoms with Crippen LogP contribution in [0.4, 0.5) is 0 Å². The molecule has 1 saturated heterocycles. The number of benzene rings is 2. The smallest absolute Gasteiger partial charge is 0.223 e. The third-order valence-electron chi connectivity index (χ3n) is 7.63. The minimum atomic E-state index is -0.148. The lowest BCUT2D eigenvalue weighted by Gasteiger charge is -2.44. The molecule has 6 heteroatoms. The maximum absolute atomic E-state index is 12.8. The summed E-state index contributed by atoms with van der Waals surface area (Å²) in [6.07, 6.45) is 6.22. The molecule has 1 N–H and O–H groups in total. The van der Waals surface area contributed by atoms with E-state index in [0.29, 0.717) is 13.2 Å². The van der Waals surface area contributed by atoms with E-state index in [1.165, 1.54) is 11.1 Å². The summed E-state index contributed by atoms with van der Waals surface area (Å²) in [5.74, 6) is 0.871. The highest BCUT2D eigenvalue weighted by atomic mass is 16.5. The van der Waals surface area contributed by atoms with Gasteiger partial charge in [-0.2, -0.15) is 0 Å². The molecule has 0 radical (unpaired) electrons. The van der Waals surface area contributed by atoms with Crippen LogP contribution in [0, 0.1) is 5.92 Å². The summed E-state index contributed by atoms with van der Waals surface area (Å²) in [6.45, 7) is 7.75. The van der Waals surface area contributed by atoms with Gasteiger partial charge in [0.05, 0.1) is 32.5 Å². The van der Waals surface area contributed by atoms with Crippen molar-refractivity contribution in [2.45, 2.75) is 44.2 Å². The van der Waals surface area contributed by atoms with Crippen molar-refractivity contribution < 1.29 is 19.0 Å². The Bertz CT molecular complexity index is 1040. The molecule has 2 atom stereocenters. The van der Waals surface area contributed by atoms with E-state index in [1.54, 1.807) is 14.2 Å². The molecule has 2 aliphatic rings. The molecule has 36 heavy (non-hydrogen) atoms. The number of hydrogen-bond donors (Lipinski definition) is 1. The van der Waals surface area contributed by atoms with E-state index in [0.717, 1.165) is 43.8 Å². The lowest BCUT2D eigenvalue weighted by atomic mass is 9.72. The van der Waals surface area contributed by atoms with E-state index >= 15 is 0 Å². The highest BCUT2D eigenvalue weighted by Gasteiger charge is 2.54. The first-order chi connectivity index (χ1) is 17.5. The van der Waals surface area contributed by atoms with Crippen molar-refractivity contribution in [3.05, 3.63) is 71.3 Å². The summed E-state index contributed by atoms with van der Waals surface area (Å²) in [7, 11) is 3.40. The van der Waals surface area contributed by atoms with Crippen molar-refractivity contribution in [2.24, 2.45) is 5.92 Å². The van der Waals surface area contributed by atoms with Crippen LogP contribution in [0.1, 0.15) is 49.4 Å². The van der Waals surface area contributed by atoms with E-state index in [1.807, 2.05) is 32.0 Å². The Morgan fingerprint density at radius 1 is 1.08 bits per heavy atom. The number of rotatable bonds is 10. The van der Waals surface area contributed by atoms with Crippen molar-refractivity contribution in [3.8, 4) is 5.75 Å². The number of ether oxygens (including phenoxy) is 3. The summed E-state index contributed by atoms with van der Waals surface area (Å²) < 4.78 is 17.3. The molecule has 1 fully saturated rings. The second-order valence-corrected chi connectivity index (χ2v) is 10.1. The maximum Gasteiger partial charge on any atom is 0.223 e. The predicted octanol–water partition coefficient (Wildman–Crippen LogP) is 4.60. The van der Waals surface area contributed by atoms with Crippen LogP contribution in [0.2, 0.25) is 0 Å². The van der Waals surface area contributed by atoms with Crippen molar-refractivity contribution in [3.63, 3.8) is 0 Å². The van der Waals surface area contributed by atoms with Gasteiger partial charge in [0.15, 0.2) is 0 Å². The number of carbonyl (C=O) groups is 1. The number of likely N-dealkylation sites (tertiary alicyclic amines) is 1. The number of carbonyl (C=O) groups excluding carboxylic acids is 1. The number of amides is 1. The van der Waals surface area contributed by atoms with Crippen LogP contribution in [-0.2, 0) is 19.7 Å². The van der Waals surface area contributed by atoms with E-state index in [9.17, 15) is 4.79 Å². The van der Waals surface area contributed by atoms with Crippen LogP contribution in [0.25, 0.3) is 6.08 Å². The SMILES string of the molecule is COCCO[C@@H]1[C@@H](NC(=O)C(C)C)c2ccccc2C12CCN(C/C=C/c1ccccc1OC)CC2. The number of nitrogens with one attached hydrogen (secondary N) is 1. The molecule has 0 saturated carbocycles. The quantitative estimate of drug-likeness (QED) is 0.491. The molecule has 1 aliphatic heterocycles. The number of nitrogens with zero attached hydrogens (tertiary/aromatic N) is 1. The van der Waals surface area contributed by atoms with E-state index in [4.69, 9.17) is 14.2 Å². The zero-order chi connectivity index (χ0) is 25.5. The topological polar surface area (TPSA) is 60.0 Å². The van der Waals surface area contributed by atoms with Gasteiger partial charge < -0.3 is 19.5 Å². The Labute approximate surface area is 215 Å². The van der Waals surface area contributed by atoms with Gasteiger partial charge in [0.25, 0.3) is 0 Å². The highest BCUT2D eigenvalue weighted by molar-refractivity contribution is 5.78. The lowest BCUT2D eigenvalue weighted by Crippen LogP contribution is -2.51. The minimum absolute atomic E-state index is 0.0612. The first kappa shape index (κ1) is 26.4. The first-order valence-electron chi connectivity index (χ1n) is 13.0. The predicted molar refractivity (Wildman–Crippen MR) is 143 cm³/mol. The van der Waals surface area contributed by atoms with Crippen molar-refractivity contribution in [1.29, 1.82) is 0 Å². The minimum Gasteiger partial charge on any atom is -0.496 e. The van der Waals surface area contributed by atoms with Gasteiger partial charge in [0.1, 0.15) is 5.75 Å². The Morgan fingerprint density at radius 3 is 2.53 bits per heavy atom. The van der Waals surface area contributed by atoms with Gasteiger partial charge in [-0.25, -0.2) is 0 Å². The summed E-state index contributed by atoms with van der Waals surface area (Å²) in [4.78, 5) is 15.3. The number of piperidine rings is 1. The molecule has 1 aliphatic carbocycles. The zero-order valence-corrected chi connectivity index (χ0v) is 22.0. The molecule has 2 aromatic rings. The van der Waals surface area contributed by atoms with Gasteiger partial charge in [-0.1, -0.05) is 68.5 Å². The summed E-state index contributed by atoms with van der Waals surface area (Å²) in [5.41, 5.74) is 3.49. The molecule has 0 unspecified atom stereocenters. The molecule has 2 aromatic carbocycles. The second kappa shape index (κ2) is 12.0. The zero-order valence-electron chi connectivity index (χ0n) is 22.0. The van der Waals surface area contributed by atoms with Crippen molar-refractivity contribution in [1.82, 2.24) is 10.2 Å². The monoisotopic (exact) mass is 492 g/mol. The number of hydrogen-bond acceptors (Lipinski definition) is 5. The van der Waals surface area contributed by atoms with Crippen LogP contribution in [0.3, 0.4) is 0 Å². The molecular formula is C30H40N2O4. The van der Waals surface area contributed by atoms with Gasteiger partial charge in [-0.3, -0.25) is 9.69 Å². The van der Waals surface area contributed by atoms with Gasteiger partial charge in [-0.05, 0) is 43.1 Å². The molecule has 1 spiro atoms. The second-order valence-electron chi connectivity index (χ2n) is 10.1. The van der Waals surface area contributed by atoms with Gasteiger partial charge >= 0.3 is 0 Å². The largest absolute Gasteiger partial charge is 0.496 e. The maximum atomic E-state index is 12.8. The molecule has 0 aromatic heterocycles. The average molecular weight is 493 g/mol. The molecule has 1 amide bonds. The van der Waals surface area contributed by atoms with Gasteiger partial charge in [0.2, 0.25) is 5.91 Å². The van der Waals surface area contributed by atoms with Crippen LogP contribution in [-0.4, -0.2) is 64.0 Å². The number of methoxy groups -OCH3 is 2. The molecule has 6 nitrogen and oxygen atoms in total. The van der Waals surface area contributed by atoms with Crippen LogP contribution < -0.4 is 10.1 Å².